The molecular weight excluding hydrogens is 476 g/mol. The molecule has 4 rings (SSSR count). The van der Waals surface area contributed by atoms with Crippen LogP contribution in [0.25, 0.3) is 0 Å². The maximum atomic E-state index is 13.3. The Bertz CT molecular complexity index is 1040. The van der Waals surface area contributed by atoms with Crippen molar-refractivity contribution in [1.29, 1.82) is 0 Å². The SMILES string of the molecule is CCOC(=O)C1=C(CN2CCN(C(=O)C3CCCC3)CC2)N(C)C(=O)N[C@@H]1c1cccc(OC)c1OC. The number of hydrogen-bond acceptors (Lipinski definition) is 7. The molecule has 1 saturated carbocycles. The van der Waals surface area contributed by atoms with Gasteiger partial charge >= 0.3 is 12.0 Å². The number of carbonyl (C=O) groups excluding carboxylic acids is 3. The second-order valence-corrected chi connectivity index (χ2v) is 9.69. The number of rotatable bonds is 8. The highest BCUT2D eigenvalue weighted by Crippen LogP contribution is 2.40. The summed E-state index contributed by atoms with van der Waals surface area (Å²) in [6.07, 6.45) is 4.25. The highest BCUT2D eigenvalue weighted by molar-refractivity contribution is 5.95. The van der Waals surface area contributed by atoms with Gasteiger partial charge in [0.25, 0.3) is 0 Å². The van der Waals surface area contributed by atoms with Gasteiger partial charge in [0, 0.05) is 56.9 Å². The van der Waals surface area contributed by atoms with Gasteiger partial charge in [-0.3, -0.25) is 14.6 Å². The molecule has 3 aliphatic rings. The molecule has 10 heteroatoms. The number of esters is 1. The minimum Gasteiger partial charge on any atom is -0.493 e. The third-order valence-corrected chi connectivity index (χ3v) is 7.58. The third-order valence-electron chi connectivity index (χ3n) is 7.58. The van der Waals surface area contributed by atoms with Crippen molar-refractivity contribution in [2.24, 2.45) is 5.92 Å². The first kappa shape index (κ1) is 26.8. The average Bonchev–Trinajstić information content (AvgIpc) is 3.46. The lowest BCUT2D eigenvalue weighted by molar-refractivity contribution is -0.139. The molecule has 1 aromatic carbocycles. The van der Waals surface area contributed by atoms with Crippen LogP contribution in [0.15, 0.2) is 29.5 Å². The molecule has 0 radical (unpaired) electrons. The molecule has 2 aliphatic heterocycles. The molecule has 1 atom stereocenters. The largest absolute Gasteiger partial charge is 0.493 e. The second-order valence-electron chi connectivity index (χ2n) is 9.69. The van der Waals surface area contributed by atoms with Crippen LogP contribution in [0.3, 0.4) is 0 Å². The Morgan fingerprint density at radius 1 is 1.05 bits per heavy atom. The predicted molar refractivity (Wildman–Crippen MR) is 137 cm³/mol. The van der Waals surface area contributed by atoms with Crippen LogP contribution in [0.4, 0.5) is 4.79 Å². The zero-order chi connectivity index (χ0) is 26.5. The van der Waals surface area contributed by atoms with E-state index in [4.69, 9.17) is 14.2 Å². The van der Waals surface area contributed by atoms with Crippen molar-refractivity contribution in [2.75, 3.05) is 60.6 Å². The fourth-order valence-corrected chi connectivity index (χ4v) is 5.54. The molecule has 2 fully saturated rings. The van der Waals surface area contributed by atoms with Crippen LogP contribution in [0.1, 0.15) is 44.2 Å². The van der Waals surface area contributed by atoms with Gasteiger partial charge < -0.3 is 24.4 Å². The van der Waals surface area contributed by atoms with Crippen molar-refractivity contribution in [2.45, 2.75) is 38.6 Å². The molecule has 0 unspecified atom stereocenters. The lowest BCUT2D eigenvalue weighted by atomic mass is 9.93. The number of benzene rings is 1. The number of ether oxygens (including phenoxy) is 3. The summed E-state index contributed by atoms with van der Waals surface area (Å²) in [5, 5.41) is 2.94. The number of urea groups is 1. The number of carbonyl (C=O) groups is 3. The van der Waals surface area contributed by atoms with Crippen LogP contribution >= 0.6 is 0 Å². The Hall–Kier alpha value is -3.27. The monoisotopic (exact) mass is 514 g/mol. The summed E-state index contributed by atoms with van der Waals surface area (Å²) in [5.41, 5.74) is 1.54. The van der Waals surface area contributed by atoms with Crippen molar-refractivity contribution in [1.82, 2.24) is 20.0 Å². The summed E-state index contributed by atoms with van der Waals surface area (Å²) in [6.45, 7) is 4.95. The van der Waals surface area contributed by atoms with E-state index in [1.807, 2.05) is 11.0 Å². The smallest absolute Gasteiger partial charge is 0.338 e. The first-order valence-corrected chi connectivity index (χ1v) is 13.1. The number of nitrogens with zero attached hydrogens (tertiary/aromatic N) is 3. The molecule has 1 saturated heterocycles. The lowest BCUT2D eigenvalue weighted by Crippen LogP contribution is -2.53. The van der Waals surface area contributed by atoms with E-state index in [0.717, 1.165) is 25.7 Å². The van der Waals surface area contributed by atoms with Crippen LogP contribution in [0.2, 0.25) is 0 Å². The van der Waals surface area contributed by atoms with Crippen LogP contribution in [-0.4, -0.2) is 93.2 Å². The number of methoxy groups -OCH3 is 2. The highest BCUT2D eigenvalue weighted by Gasteiger charge is 2.39. The Balaban J connectivity index is 1.62. The number of piperazine rings is 1. The van der Waals surface area contributed by atoms with E-state index in [9.17, 15) is 14.4 Å². The van der Waals surface area contributed by atoms with E-state index in [-0.39, 0.29) is 24.5 Å². The van der Waals surface area contributed by atoms with Crippen LogP contribution in [0, 0.1) is 5.92 Å². The van der Waals surface area contributed by atoms with Gasteiger partial charge in [-0.15, -0.1) is 0 Å². The summed E-state index contributed by atoms with van der Waals surface area (Å²) in [5.74, 6) is 0.884. The first-order chi connectivity index (χ1) is 17.9. The summed E-state index contributed by atoms with van der Waals surface area (Å²) in [4.78, 5) is 44.9. The number of hydrogen-bond donors (Lipinski definition) is 1. The molecule has 3 amide bonds. The van der Waals surface area contributed by atoms with Crippen molar-refractivity contribution < 1.29 is 28.6 Å². The maximum Gasteiger partial charge on any atom is 0.338 e. The van der Waals surface area contributed by atoms with Crippen molar-refractivity contribution in [3.63, 3.8) is 0 Å². The summed E-state index contributed by atoms with van der Waals surface area (Å²) >= 11 is 0. The zero-order valence-electron chi connectivity index (χ0n) is 22.2. The standard InChI is InChI=1S/C27H38N4O6/c1-5-37-26(33)22-20(17-30-13-15-31(16-14-30)25(32)18-9-6-7-10-18)29(2)27(34)28-23(22)19-11-8-12-21(35-3)24(19)36-4/h8,11-12,18,23H,5-7,9-10,13-17H2,1-4H3,(H,28,34)/t23-/m1/s1. The number of para-hydroxylation sites is 1. The van der Waals surface area contributed by atoms with E-state index in [1.54, 1.807) is 33.2 Å². The van der Waals surface area contributed by atoms with Gasteiger partial charge in [-0.1, -0.05) is 25.0 Å². The minimum absolute atomic E-state index is 0.163. The van der Waals surface area contributed by atoms with Gasteiger partial charge in [0.05, 0.1) is 32.4 Å². The molecule has 1 N–H and O–H groups in total. The van der Waals surface area contributed by atoms with E-state index < -0.39 is 12.0 Å². The number of nitrogens with one attached hydrogen (secondary N) is 1. The first-order valence-electron chi connectivity index (χ1n) is 13.1. The van der Waals surface area contributed by atoms with Crippen molar-refractivity contribution in [3.05, 3.63) is 35.0 Å². The van der Waals surface area contributed by atoms with Gasteiger partial charge in [-0.2, -0.15) is 0 Å². The molecule has 1 aromatic rings. The fourth-order valence-electron chi connectivity index (χ4n) is 5.54. The van der Waals surface area contributed by atoms with Gasteiger partial charge in [-0.25, -0.2) is 9.59 Å². The molecule has 1 aliphatic carbocycles. The molecule has 202 valence electrons. The van der Waals surface area contributed by atoms with Gasteiger partial charge in [0.1, 0.15) is 0 Å². The van der Waals surface area contributed by atoms with Gasteiger partial charge in [0.2, 0.25) is 5.91 Å². The summed E-state index contributed by atoms with van der Waals surface area (Å²) in [6, 6.07) is 4.27. The Labute approximate surface area is 218 Å². The number of amides is 3. The molecule has 0 aromatic heterocycles. The quantitative estimate of drug-likeness (QED) is 0.532. The molecule has 2 heterocycles. The molecule has 0 bridgehead atoms. The predicted octanol–water partition coefficient (Wildman–Crippen LogP) is 2.55. The highest BCUT2D eigenvalue weighted by atomic mass is 16.5. The second kappa shape index (κ2) is 11.9. The average molecular weight is 515 g/mol. The Morgan fingerprint density at radius 2 is 1.76 bits per heavy atom. The topological polar surface area (TPSA) is 101 Å². The van der Waals surface area contributed by atoms with Crippen LogP contribution in [-0.2, 0) is 14.3 Å². The molecule has 0 spiro atoms. The molecule has 10 nitrogen and oxygen atoms in total. The molecular formula is C27H38N4O6. The Kier molecular flexibility index (Phi) is 8.58. The molecule has 37 heavy (non-hydrogen) atoms. The minimum atomic E-state index is -0.770. The fraction of sp³-hybridized carbons (Fsp3) is 0.593. The Morgan fingerprint density at radius 3 is 2.38 bits per heavy atom. The van der Waals surface area contributed by atoms with E-state index in [0.29, 0.717) is 61.1 Å². The van der Waals surface area contributed by atoms with E-state index >= 15 is 0 Å². The maximum absolute atomic E-state index is 13.3. The number of likely N-dealkylation sites (N-methyl/N-ethyl adjacent to an activating group) is 1. The van der Waals surface area contributed by atoms with Gasteiger partial charge in [0.15, 0.2) is 11.5 Å². The van der Waals surface area contributed by atoms with Crippen LogP contribution < -0.4 is 14.8 Å². The van der Waals surface area contributed by atoms with Gasteiger partial charge in [-0.05, 0) is 25.8 Å². The zero-order valence-corrected chi connectivity index (χ0v) is 22.2. The van der Waals surface area contributed by atoms with Crippen LogP contribution in [0.5, 0.6) is 11.5 Å². The van der Waals surface area contributed by atoms with E-state index in [1.165, 1.54) is 12.0 Å². The summed E-state index contributed by atoms with van der Waals surface area (Å²) in [7, 11) is 4.72. The lowest BCUT2D eigenvalue weighted by Gasteiger charge is -2.40. The van der Waals surface area contributed by atoms with Crippen molar-refractivity contribution >= 4 is 17.9 Å². The summed E-state index contributed by atoms with van der Waals surface area (Å²) < 4.78 is 16.5. The van der Waals surface area contributed by atoms with E-state index in [2.05, 4.69) is 10.2 Å². The normalized spacial score (nSPS) is 21.2. The van der Waals surface area contributed by atoms with Crippen molar-refractivity contribution in [3.8, 4) is 11.5 Å². The third kappa shape index (κ3) is 5.53.